The van der Waals surface area contributed by atoms with E-state index in [0.717, 1.165) is 5.56 Å². The zero-order valence-corrected chi connectivity index (χ0v) is 76.2. The van der Waals surface area contributed by atoms with Crippen molar-refractivity contribution >= 4 is 58.3 Å². The second-order valence-corrected chi connectivity index (χ2v) is 32.4. The molecule has 0 saturated carbocycles. The Labute approximate surface area is 770 Å². The van der Waals surface area contributed by atoms with E-state index in [-0.39, 0.29) is 122 Å². The number of fused-ring (bicyclic) bond motifs is 5. The maximum absolute atomic E-state index is 15.5. The van der Waals surface area contributed by atoms with E-state index in [4.69, 9.17) is 93.0 Å². The maximum Gasteiger partial charge on any atom is 0.407 e. The highest BCUT2D eigenvalue weighted by Gasteiger charge is 2.47. The van der Waals surface area contributed by atoms with Gasteiger partial charge in [-0.2, -0.15) is 0 Å². The molecule has 750 valence electrons. The second kappa shape index (κ2) is 60.3. The van der Waals surface area contributed by atoms with Gasteiger partial charge in [0.05, 0.1) is 225 Å². The number of aromatic nitrogens is 2. The van der Waals surface area contributed by atoms with Gasteiger partial charge in [-0.3, -0.25) is 28.9 Å². The van der Waals surface area contributed by atoms with Gasteiger partial charge in [0, 0.05) is 67.4 Å². The van der Waals surface area contributed by atoms with E-state index in [1.165, 1.54) is 15.5 Å². The number of unbranched alkanes of at least 4 members (excludes halogenated alkanes) is 1. The highest BCUT2D eigenvalue weighted by Crippen LogP contribution is 2.46. The number of hydrogen-bond acceptors (Lipinski definition) is 36. The number of benzene rings is 2. The summed E-state index contributed by atoms with van der Waals surface area (Å²) < 4.78 is 94.3. The van der Waals surface area contributed by atoms with Gasteiger partial charge in [-0.05, 0) is 105 Å². The Bertz CT molecular complexity index is 4230. The molecule has 4 aromatic rings. The molecule has 0 saturated heterocycles. The first-order valence-electron chi connectivity index (χ1n) is 45.1. The van der Waals surface area contributed by atoms with Crippen LogP contribution < -0.4 is 48.9 Å². The summed E-state index contributed by atoms with van der Waals surface area (Å²) in [4.78, 5) is 112. The number of ether oxygens (including phenoxy) is 14. The topological polar surface area (TPSA) is 634 Å². The van der Waals surface area contributed by atoms with Gasteiger partial charge in [0.1, 0.15) is 67.7 Å². The number of amides is 7. The summed E-state index contributed by atoms with van der Waals surface area (Å²) in [6.45, 7) is 11.7. The Morgan fingerprint density at radius 3 is 1.59 bits per heavy atom. The van der Waals surface area contributed by atoms with Crippen molar-refractivity contribution in [2.45, 2.75) is 184 Å². The molecule has 7 rings (SSSR count). The average Bonchev–Trinajstić information content (AvgIpc) is 1.57. The van der Waals surface area contributed by atoms with Gasteiger partial charge in [0.15, 0.2) is 5.60 Å². The number of primary amides is 1. The molecule has 0 unspecified atom stereocenters. The quantitative estimate of drug-likeness (QED) is 0.0135. The standard InChI is InChI=1S/C88H138FN11O33/c1-5-88(119)61-45-67-76-59(47-100(67)84(115)60(61)53-132-85(88)116)74-64(16-15-58-55(4)62(89)46-66(95-76)73(58)74)97-87(118)133-52-56-11-13-57(14-12-56)94-82(113)65(10-8-19-93-86(91)117)96-83(114)75(54(2)3)98-81(112)63(90)9-6-7-18-92-72(107)17-21-120-23-25-122-27-29-124-31-33-126-35-37-128-39-41-130-43-44-131-42-40-129-38-36-127-34-32-125-30-28-123-26-24-121-22-20-99(48-68(103)77(108)79(110)70(105)50-101)49-69(104)78(109)80(111)71(106)51-102/h11-14,45-46,54,63-65,68-71,75,77-80,101-106,108-111,119H,5-10,15-44,47-53,90H2,1-4H3,(H,92,107)(H,94,113)(H,96,114)(H,97,118)(H,98,112)(H3,91,93,117)/t63-,64-,65-,68+,69+,70+,71+,75-,77+,78+,79+,80+,88-/m0/s1. The molecule has 0 bridgehead atoms. The summed E-state index contributed by atoms with van der Waals surface area (Å²) in [5.74, 6) is -3.87. The third-order valence-corrected chi connectivity index (χ3v) is 22.4. The van der Waals surface area contributed by atoms with Crippen molar-refractivity contribution in [1.82, 2.24) is 41.0 Å². The van der Waals surface area contributed by atoms with Crippen LogP contribution in [0.3, 0.4) is 0 Å². The predicted molar refractivity (Wildman–Crippen MR) is 472 cm³/mol. The van der Waals surface area contributed by atoms with Crippen LogP contribution in [-0.4, -0.2) is 384 Å². The number of aryl methyl sites for hydroxylation is 1. The van der Waals surface area contributed by atoms with Crippen LogP contribution in [0.2, 0.25) is 0 Å². The van der Waals surface area contributed by atoms with E-state index < -0.39 is 158 Å². The number of carbonyl (C=O) groups excluding carboxylic acids is 7. The lowest BCUT2D eigenvalue weighted by molar-refractivity contribution is -0.172. The van der Waals surface area contributed by atoms with Crippen molar-refractivity contribution in [3.05, 3.63) is 91.5 Å². The molecule has 7 amide bonds. The number of aliphatic hydroxyl groups is 11. The van der Waals surface area contributed by atoms with Gasteiger partial charge in [0.25, 0.3) is 5.56 Å². The number of nitrogens with two attached hydrogens (primary N) is 2. The minimum absolute atomic E-state index is 0.00623. The van der Waals surface area contributed by atoms with Gasteiger partial charge >= 0.3 is 18.1 Å². The zero-order valence-electron chi connectivity index (χ0n) is 76.2. The average molecular weight is 1900 g/mol. The van der Waals surface area contributed by atoms with Crippen LogP contribution >= 0.6 is 0 Å². The van der Waals surface area contributed by atoms with Crippen LogP contribution in [0.15, 0.2) is 41.2 Å². The number of alkyl carbamates (subject to hydrolysis) is 1. The smallest absolute Gasteiger partial charge is 0.407 e. The number of pyridine rings is 2. The molecule has 3 aliphatic rings. The van der Waals surface area contributed by atoms with E-state index in [1.54, 1.807) is 58.0 Å². The van der Waals surface area contributed by atoms with Crippen molar-refractivity contribution in [2.75, 3.05) is 210 Å². The normalized spacial score (nSPS) is 17.0. The first kappa shape index (κ1) is 112. The Morgan fingerprint density at radius 1 is 0.609 bits per heavy atom. The summed E-state index contributed by atoms with van der Waals surface area (Å²) in [7, 11) is 0. The minimum atomic E-state index is -2.07. The number of nitrogens with zero attached hydrogens (tertiary/aromatic N) is 3. The number of cyclic esters (lactones) is 1. The molecular weight excluding hydrogens is 1760 g/mol. The summed E-state index contributed by atoms with van der Waals surface area (Å²) >= 11 is 0. The number of hydrogen-bond donors (Lipinski definition) is 19. The van der Waals surface area contributed by atoms with Crippen LogP contribution in [0.5, 0.6) is 0 Å². The monoisotopic (exact) mass is 1900 g/mol. The van der Waals surface area contributed by atoms with Gasteiger partial charge in [-0.25, -0.2) is 23.8 Å². The lowest BCUT2D eigenvalue weighted by Crippen LogP contribution is -2.56. The molecule has 1 aliphatic carbocycles. The Balaban J connectivity index is 0.638. The minimum Gasteiger partial charge on any atom is -0.458 e. The molecular formula is C88H138FN11O33. The molecule has 44 nitrogen and oxygen atoms in total. The number of carbonyl (C=O) groups is 7. The maximum atomic E-state index is 15.5. The first-order chi connectivity index (χ1) is 63.9. The van der Waals surface area contributed by atoms with E-state index in [2.05, 4.69) is 31.9 Å². The molecule has 4 heterocycles. The largest absolute Gasteiger partial charge is 0.458 e. The van der Waals surface area contributed by atoms with Crippen molar-refractivity contribution in [1.29, 1.82) is 0 Å². The molecule has 21 N–H and O–H groups in total. The van der Waals surface area contributed by atoms with Gasteiger partial charge in [-0.15, -0.1) is 0 Å². The zero-order chi connectivity index (χ0) is 96.8. The molecule has 0 spiro atoms. The number of nitrogens with one attached hydrogen (secondary N) is 6. The van der Waals surface area contributed by atoms with E-state index >= 15 is 4.39 Å². The van der Waals surface area contributed by atoms with Crippen molar-refractivity contribution in [3.8, 4) is 11.4 Å². The highest BCUT2D eigenvalue weighted by atomic mass is 19.1. The summed E-state index contributed by atoms with van der Waals surface area (Å²) in [6, 6.07) is 4.60. The molecule has 2 aromatic carbocycles. The fraction of sp³-hybridized carbons (Fsp3) is 0.693. The van der Waals surface area contributed by atoms with Crippen molar-refractivity contribution < 1.29 is 160 Å². The molecule has 45 heteroatoms. The third-order valence-electron chi connectivity index (χ3n) is 22.4. The summed E-state index contributed by atoms with van der Waals surface area (Å²) in [6.07, 6.45) is -12.9. The number of anilines is 1. The number of esters is 1. The SMILES string of the molecule is CC[C@@]1(O)C(=O)OCc2c1cc1n(c2=O)Cc2c-1nc1cc(F)c(C)c3c1c2[C@@H](NC(=O)OCc1ccc(NC(=O)[C@H](CCCNC(N)=O)NC(=O)[C@@H](NC(=O)[C@@H](N)CCCCNC(=O)CCOCCOCCOCCOCCOCCOCCOCCOCCOCCOCCOCCOCCN(C[C@@H](O)[C@@H](O)[C@H](O)[C@H](O)CO)C[C@@H](O)[C@@H](O)[C@H](O)[C@H](O)CO)C(C)C)cc1)CC3. The molecule has 0 radical (unpaired) electrons. The van der Waals surface area contributed by atoms with Crippen LogP contribution in [0.1, 0.15) is 117 Å². The van der Waals surface area contributed by atoms with Gasteiger partial charge in [-0.1, -0.05) is 32.9 Å². The summed E-state index contributed by atoms with van der Waals surface area (Å²) in [5.41, 5.74) is 13.6. The predicted octanol–water partition coefficient (Wildman–Crippen LogP) is -3.17. The fourth-order valence-corrected chi connectivity index (χ4v) is 14.7. The first-order valence-corrected chi connectivity index (χ1v) is 45.1. The number of urea groups is 1. The molecule has 13 atom stereocenters. The van der Waals surface area contributed by atoms with Crippen LogP contribution in [-0.2, 0) is 122 Å². The Kier molecular flexibility index (Phi) is 50.6. The van der Waals surface area contributed by atoms with Crippen molar-refractivity contribution in [3.63, 3.8) is 0 Å². The number of halogens is 1. The Morgan fingerprint density at radius 2 is 1.10 bits per heavy atom. The molecule has 133 heavy (non-hydrogen) atoms. The van der Waals surface area contributed by atoms with Crippen LogP contribution in [0, 0.1) is 18.7 Å². The lowest BCUT2D eigenvalue weighted by Gasteiger charge is -2.33. The molecule has 2 aliphatic heterocycles. The van der Waals surface area contributed by atoms with E-state index in [0.29, 0.717) is 201 Å². The van der Waals surface area contributed by atoms with E-state index in [9.17, 15) is 84.3 Å². The van der Waals surface area contributed by atoms with Crippen LogP contribution in [0.25, 0.3) is 22.3 Å². The number of aliphatic hydroxyl groups excluding tert-OH is 10. The van der Waals surface area contributed by atoms with Crippen LogP contribution in [0.4, 0.5) is 19.7 Å². The molecule has 2 aromatic heterocycles. The van der Waals surface area contributed by atoms with Crippen molar-refractivity contribution in [2.24, 2.45) is 17.4 Å². The molecule has 0 fully saturated rings. The Hall–Kier alpha value is -8.38. The second-order valence-electron chi connectivity index (χ2n) is 32.4. The lowest BCUT2D eigenvalue weighted by atomic mass is 9.81. The van der Waals surface area contributed by atoms with E-state index in [1.807, 2.05) is 0 Å². The fourth-order valence-electron chi connectivity index (χ4n) is 14.7. The summed E-state index contributed by atoms with van der Waals surface area (Å²) in [5, 5.41) is 128. The third kappa shape index (κ3) is 36.6. The van der Waals surface area contributed by atoms with Gasteiger partial charge in [0.2, 0.25) is 23.6 Å². The highest BCUT2D eigenvalue weighted by molar-refractivity contribution is 5.99. The van der Waals surface area contributed by atoms with Gasteiger partial charge < -0.3 is 170 Å². The number of rotatable bonds is 71.